The van der Waals surface area contributed by atoms with Crippen LogP contribution in [-0.4, -0.2) is 17.6 Å². The van der Waals surface area contributed by atoms with E-state index in [-0.39, 0.29) is 0 Å². The molecule has 0 heterocycles. The summed E-state index contributed by atoms with van der Waals surface area (Å²) >= 11 is 2.54. The molecule has 1 nitrogen and oxygen atoms in total. The third-order valence-electron chi connectivity index (χ3n) is 2.06. The van der Waals surface area contributed by atoms with Gasteiger partial charge in [-0.1, -0.05) is 35.0 Å². The monoisotopic (exact) mass is 296 g/mol. The first-order valence-electron chi connectivity index (χ1n) is 4.86. The van der Waals surface area contributed by atoms with E-state index in [0.717, 1.165) is 12.0 Å². The van der Waals surface area contributed by atoms with Gasteiger partial charge >= 0.3 is 6.18 Å². The highest BCUT2D eigenvalue weighted by molar-refractivity contribution is 9.09. The predicted molar refractivity (Wildman–Crippen MR) is 60.1 cm³/mol. The third kappa shape index (κ3) is 4.04. The molecule has 1 atom stereocenters. The number of hydrogen-bond acceptors (Lipinski definition) is 1. The zero-order chi connectivity index (χ0) is 12.2. The van der Waals surface area contributed by atoms with Crippen molar-refractivity contribution in [3.63, 3.8) is 0 Å². The highest BCUT2D eigenvalue weighted by atomic mass is 79.9. The molecule has 0 aromatic heterocycles. The number of halogens is 4. The fraction of sp³-hybridized carbons (Fsp3) is 0.455. The SMILES string of the molecule is CCc1cccc(OCC(Br)C(F)(F)F)c1. The molecule has 1 aromatic rings. The van der Waals surface area contributed by atoms with E-state index in [4.69, 9.17) is 4.74 Å². The van der Waals surface area contributed by atoms with E-state index in [9.17, 15) is 13.2 Å². The Labute approximate surface area is 101 Å². The van der Waals surface area contributed by atoms with E-state index >= 15 is 0 Å². The number of ether oxygens (including phenoxy) is 1. The van der Waals surface area contributed by atoms with Gasteiger partial charge in [-0.25, -0.2) is 0 Å². The molecule has 0 aliphatic rings. The first kappa shape index (κ1) is 13.4. The molecule has 0 N–H and O–H groups in total. The van der Waals surface area contributed by atoms with Gasteiger partial charge in [0.2, 0.25) is 0 Å². The molecule has 1 unspecified atom stereocenters. The minimum Gasteiger partial charge on any atom is -0.492 e. The smallest absolute Gasteiger partial charge is 0.404 e. The Bertz CT molecular complexity index is 338. The molecule has 0 saturated heterocycles. The second kappa shape index (κ2) is 5.57. The van der Waals surface area contributed by atoms with Crippen molar-refractivity contribution in [3.8, 4) is 5.75 Å². The second-order valence-electron chi connectivity index (χ2n) is 3.32. The fourth-order valence-electron chi connectivity index (χ4n) is 1.12. The fourth-order valence-corrected chi connectivity index (χ4v) is 1.25. The summed E-state index contributed by atoms with van der Waals surface area (Å²) in [7, 11) is 0. The van der Waals surface area contributed by atoms with Crippen LogP contribution in [0, 0.1) is 0 Å². The molecule has 1 aromatic carbocycles. The predicted octanol–water partition coefficient (Wildman–Crippen LogP) is 3.95. The quantitative estimate of drug-likeness (QED) is 0.765. The van der Waals surface area contributed by atoms with Crippen LogP contribution in [0.3, 0.4) is 0 Å². The molecule has 0 aliphatic carbocycles. The summed E-state index contributed by atoms with van der Waals surface area (Å²) < 4.78 is 41.6. The normalized spacial score (nSPS) is 13.6. The number of aryl methyl sites for hydroxylation is 1. The van der Waals surface area contributed by atoms with Crippen LogP contribution < -0.4 is 4.74 Å². The summed E-state index contributed by atoms with van der Waals surface area (Å²) in [5.74, 6) is 0.466. The van der Waals surface area contributed by atoms with Crippen LogP contribution >= 0.6 is 15.9 Å². The van der Waals surface area contributed by atoms with Crippen LogP contribution in [0.4, 0.5) is 13.2 Å². The summed E-state index contributed by atoms with van der Waals surface area (Å²) in [5.41, 5.74) is 1.04. The third-order valence-corrected chi connectivity index (χ3v) is 2.84. The summed E-state index contributed by atoms with van der Waals surface area (Å²) in [6.07, 6.45) is -3.45. The van der Waals surface area contributed by atoms with Crippen molar-refractivity contribution < 1.29 is 17.9 Å². The summed E-state index contributed by atoms with van der Waals surface area (Å²) in [4.78, 5) is -1.63. The van der Waals surface area contributed by atoms with Gasteiger partial charge in [-0.3, -0.25) is 0 Å². The lowest BCUT2D eigenvalue weighted by Gasteiger charge is -2.15. The van der Waals surface area contributed by atoms with Crippen molar-refractivity contribution >= 4 is 15.9 Å². The van der Waals surface area contributed by atoms with Crippen LogP contribution in [0.15, 0.2) is 24.3 Å². The van der Waals surface area contributed by atoms with Gasteiger partial charge in [-0.05, 0) is 24.1 Å². The summed E-state index contributed by atoms with van der Waals surface area (Å²) in [6.45, 7) is 1.55. The Morgan fingerprint density at radius 2 is 2.06 bits per heavy atom. The van der Waals surface area contributed by atoms with Gasteiger partial charge < -0.3 is 4.74 Å². The van der Waals surface area contributed by atoms with Gasteiger partial charge in [-0.15, -0.1) is 0 Å². The molecule has 1 rings (SSSR count). The Hall–Kier alpha value is -0.710. The van der Waals surface area contributed by atoms with Gasteiger partial charge in [0.15, 0.2) is 0 Å². The number of alkyl halides is 4. The summed E-state index contributed by atoms with van der Waals surface area (Å²) in [5, 5.41) is 0. The first-order chi connectivity index (χ1) is 7.43. The lowest BCUT2D eigenvalue weighted by Crippen LogP contribution is -2.28. The molecule has 0 saturated carbocycles. The largest absolute Gasteiger partial charge is 0.492 e. The van der Waals surface area contributed by atoms with Crippen LogP contribution in [0.2, 0.25) is 0 Å². The molecule has 0 radical (unpaired) electrons. The Balaban J connectivity index is 2.54. The average molecular weight is 297 g/mol. The van der Waals surface area contributed by atoms with E-state index < -0.39 is 17.6 Å². The van der Waals surface area contributed by atoms with E-state index in [1.165, 1.54) is 0 Å². The first-order valence-corrected chi connectivity index (χ1v) is 5.77. The average Bonchev–Trinajstić information content (AvgIpc) is 2.25. The molecule has 0 fully saturated rings. The molecule has 16 heavy (non-hydrogen) atoms. The van der Waals surface area contributed by atoms with Crippen LogP contribution in [0.1, 0.15) is 12.5 Å². The maximum absolute atomic E-state index is 12.2. The molecular weight excluding hydrogens is 285 g/mol. The van der Waals surface area contributed by atoms with E-state index in [2.05, 4.69) is 15.9 Å². The lowest BCUT2D eigenvalue weighted by atomic mass is 10.2. The van der Waals surface area contributed by atoms with Crippen LogP contribution in [-0.2, 0) is 6.42 Å². The van der Waals surface area contributed by atoms with E-state index in [1.54, 1.807) is 18.2 Å². The molecule has 0 spiro atoms. The van der Waals surface area contributed by atoms with Crippen molar-refractivity contribution in [2.24, 2.45) is 0 Å². The maximum Gasteiger partial charge on any atom is 0.404 e. The Morgan fingerprint density at radius 3 is 2.62 bits per heavy atom. The van der Waals surface area contributed by atoms with Crippen molar-refractivity contribution in [2.45, 2.75) is 24.3 Å². The zero-order valence-corrected chi connectivity index (χ0v) is 10.3. The molecule has 0 bridgehead atoms. The number of rotatable bonds is 4. The van der Waals surface area contributed by atoms with Gasteiger partial charge in [0.1, 0.15) is 17.2 Å². The second-order valence-corrected chi connectivity index (χ2v) is 4.43. The van der Waals surface area contributed by atoms with Crippen LogP contribution in [0.5, 0.6) is 5.75 Å². The van der Waals surface area contributed by atoms with Crippen LogP contribution in [0.25, 0.3) is 0 Å². The highest BCUT2D eigenvalue weighted by Gasteiger charge is 2.38. The minimum absolute atomic E-state index is 0.420. The maximum atomic E-state index is 12.2. The lowest BCUT2D eigenvalue weighted by molar-refractivity contribution is -0.132. The number of benzene rings is 1. The van der Waals surface area contributed by atoms with Crippen molar-refractivity contribution in [3.05, 3.63) is 29.8 Å². The minimum atomic E-state index is -4.28. The van der Waals surface area contributed by atoms with Gasteiger partial charge in [0.25, 0.3) is 0 Å². The Morgan fingerprint density at radius 1 is 1.38 bits per heavy atom. The molecule has 90 valence electrons. The van der Waals surface area contributed by atoms with Crippen molar-refractivity contribution in [2.75, 3.05) is 6.61 Å². The zero-order valence-electron chi connectivity index (χ0n) is 8.72. The molecule has 0 amide bonds. The number of hydrogen-bond donors (Lipinski definition) is 0. The standard InChI is InChI=1S/C11H12BrF3O/c1-2-8-4-3-5-9(6-8)16-7-10(12)11(13,14)15/h3-6,10H,2,7H2,1H3. The topological polar surface area (TPSA) is 9.23 Å². The van der Waals surface area contributed by atoms with Gasteiger partial charge in [0, 0.05) is 0 Å². The molecular formula is C11H12BrF3O. The van der Waals surface area contributed by atoms with Gasteiger partial charge in [-0.2, -0.15) is 13.2 Å². The van der Waals surface area contributed by atoms with Gasteiger partial charge in [0.05, 0.1) is 0 Å². The Kier molecular flexibility index (Phi) is 4.65. The van der Waals surface area contributed by atoms with Crippen molar-refractivity contribution in [1.82, 2.24) is 0 Å². The van der Waals surface area contributed by atoms with Crippen molar-refractivity contribution in [1.29, 1.82) is 0 Å². The summed E-state index contributed by atoms with van der Waals surface area (Å²) in [6, 6.07) is 7.07. The molecule has 5 heteroatoms. The molecule has 0 aliphatic heterocycles. The van der Waals surface area contributed by atoms with E-state index in [0.29, 0.717) is 5.75 Å². The highest BCUT2D eigenvalue weighted by Crippen LogP contribution is 2.27. The van der Waals surface area contributed by atoms with E-state index in [1.807, 2.05) is 13.0 Å².